The second-order valence-corrected chi connectivity index (χ2v) is 5.54. The van der Waals surface area contributed by atoms with Crippen LogP contribution in [0.1, 0.15) is 10.4 Å². The lowest BCUT2D eigenvalue weighted by Crippen LogP contribution is -2.53. The highest BCUT2D eigenvalue weighted by Crippen LogP contribution is 2.19. The van der Waals surface area contributed by atoms with Gasteiger partial charge in [0.1, 0.15) is 47.5 Å². The molecule has 10 heteroatoms. The van der Waals surface area contributed by atoms with Crippen molar-refractivity contribution in [2.24, 2.45) is 0 Å². The lowest BCUT2D eigenvalue weighted by Gasteiger charge is -2.26. The predicted octanol–water partition coefficient (Wildman–Crippen LogP) is -2.13. The predicted molar refractivity (Wildman–Crippen MR) is 86.6 cm³/mol. The van der Waals surface area contributed by atoms with Crippen molar-refractivity contribution >= 4 is 23.2 Å². The Kier molecular flexibility index (Phi) is 6.05. The number of fused-ring (bicyclic) bond motifs is 1. The zero-order chi connectivity index (χ0) is 19.4. The van der Waals surface area contributed by atoms with Gasteiger partial charge in [-0.05, 0) is 18.2 Å². The highest BCUT2D eigenvalue weighted by atomic mass is 16.4. The van der Waals surface area contributed by atoms with E-state index in [4.69, 9.17) is 9.52 Å². The number of nitrogens with one attached hydrogen (secondary N) is 1. The van der Waals surface area contributed by atoms with Gasteiger partial charge in [0.2, 0.25) is 0 Å². The van der Waals surface area contributed by atoms with Gasteiger partial charge in [0.15, 0.2) is 0 Å². The smallest absolute Gasteiger partial charge is 0.349 e. The van der Waals surface area contributed by atoms with Gasteiger partial charge in [0.25, 0.3) is 5.91 Å². The molecule has 1 amide bonds. The molecule has 0 spiro atoms. The molecule has 26 heavy (non-hydrogen) atoms. The number of aliphatic hydroxyl groups is 4. The van der Waals surface area contributed by atoms with E-state index in [9.17, 15) is 34.8 Å². The molecule has 0 aliphatic carbocycles. The average Bonchev–Trinajstić information content (AvgIpc) is 2.63. The Hall–Kier alpha value is -2.79. The van der Waals surface area contributed by atoms with Crippen LogP contribution in [0.2, 0.25) is 0 Å². The molecule has 1 heterocycles. The Labute approximate surface area is 145 Å². The van der Waals surface area contributed by atoms with Crippen molar-refractivity contribution in [1.29, 1.82) is 0 Å². The van der Waals surface area contributed by atoms with E-state index in [1.807, 2.05) is 5.32 Å². The maximum atomic E-state index is 12.2. The van der Waals surface area contributed by atoms with Crippen LogP contribution in [0.3, 0.4) is 0 Å². The van der Waals surface area contributed by atoms with Crippen LogP contribution >= 0.6 is 0 Å². The van der Waals surface area contributed by atoms with E-state index in [1.54, 1.807) is 0 Å². The summed E-state index contributed by atoms with van der Waals surface area (Å²) in [5.74, 6) is -1.20. The molecule has 6 N–H and O–H groups in total. The quantitative estimate of drug-likeness (QED) is 0.236. The molecule has 10 nitrogen and oxygen atoms in total. The van der Waals surface area contributed by atoms with E-state index >= 15 is 0 Å². The van der Waals surface area contributed by atoms with Gasteiger partial charge in [0.05, 0.1) is 6.61 Å². The van der Waals surface area contributed by atoms with E-state index in [-0.39, 0.29) is 17.6 Å². The van der Waals surface area contributed by atoms with Gasteiger partial charge in [0, 0.05) is 11.5 Å². The largest absolute Gasteiger partial charge is 0.508 e. The van der Waals surface area contributed by atoms with E-state index in [1.165, 1.54) is 24.3 Å². The SMILES string of the molecule is O=C[C@H](NC(=O)c1cc2ccc(O)cc2oc1=O)[C@@H](O)[C@H](O)[C@H](O)CO. The molecule has 1 aromatic carbocycles. The monoisotopic (exact) mass is 367 g/mol. The van der Waals surface area contributed by atoms with Crippen LogP contribution in [0.15, 0.2) is 33.5 Å². The molecular weight excluding hydrogens is 350 g/mol. The number of aliphatic hydroxyl groups excluding tert-OH is 4. The van der Waals surface area contributed by atoms with Crippen LogP contribution in [-0.2, 0) is 4.79 Å². The van der Waals surface area contributed by atoms with Gasteiger partial charge in [-0.1, -0.05) is 0 Å². The fourth-order valence-electron chi connectivity index (χ4n) is 2.24. The maximum absolute atomic E-state index is 12.2. The van der Waals surface area contributed by atoms with Crippen molar-refractivity contribution in [3.8, 4) is 5.75 Å². The van der Waals surface area contributed by atoms with Gasteiger partial charge in [-0.25, -0.2) is 4.79 Å². The van der Waals surface area contributed by atoms with E-state index in [0.717, 1.165) is 0 Å². The average molecular weight is 367 g/mol. The van der Waals surface area contributed by atoms with Crippen LogP contribution in [0.5, 0.6) is 5.75 Å². The molecular formula is C16H17NO9. The van der Waals surface area contributed by atoms with Crippen molar-refractivity contribution in [2.45, 2.75) is 24.4 Å². The number of rotatable bonds is 7. The van der Waals surface area contributed by atoms with Crippen LogP contribution < -0.4 is 10.9 Å². The minimum Gasteiger partial charge on any atom is -0.508 e. The Morgan fingerprint density at radius 3 is 2.50 bits per heavy atom. The number of phenols is 1. The summed E-state index contributed by atoms with van der Waals surface area (Å²) in [5.41, 5.74) is -1.48. The van der Waals surface area contributed by atoms with Gasteiger partial charge < -0.3 is 40.1 Å². The first-order valence-electron chi connectivity index (χ1n) is 7.46. The molecule has 2 aromatic rings. The third kappa shape index (κ3) is 4.06. The van der Waals surface area contributed by atoms with E-state index in [2.05, 4.69) is 0 Å². The molecule has 0 saturated carbocycles. The van der Waals surface area contributed by atoms with Crippen LogP contribution in [0.4, 0.5) is 0 Å². The van der Waals surface area contributed by atoms with Crippen molar-refractivity contribution < 1.29 is 39.5 Å². The standard InChI is InChI=1S/C16H17NO9/c18-5-10(13(22)14(23)11(21)6-19)17-15(24)9-3-7-1-2-8(20)4-12(7)26-16(9)25/h1-5,10-11,13-14,19-23H,6H2,(H,17,24)/t10-,11+,13+,14+/m0/s1. The summed E-state index contributed by atoms with van der Waals surface area (Å²) in [6.07, 6.45) is -5.46. The number of phenolic OH excluding ortho intramolecular Hbond substituents is 1. The second kappa shape index (κ2) is 8.06. The first-order chi connectivity index (χ1) is 12.3. The highest BCUT2D eigenvalue weighted by Gasteiger charge is 2.32. The van der Waals surface area contributed by atoms with Crippen LogP contribution in [0, 0.1) is 0 Å². The Morgan fingerprint density at radius 1 is 1.19 bits per heavy atom. The second-order valence-electron chi connectivity index (χ2n) is 5.54. The Bertz CT molecular complexity index is 862. The maximum Gasteiger partial charge on any atom is 0.349 e. The summed E-state index contributed by atoms with van der Waals surface area (Å²) < 4.78 is 4.92. The van der Waals surface area contributed by atoms with Gasteiger partial charge in [-0.2, -0.15) is 0 Å². The minimum absolute atomic E-state index is 0.0417. The number of aromatic hydroxyl groups is 1. The number of hydrogen-bond acceptors (Lipinski definition) is 9. The number of benzene rings is 1. The topological polar surface area (TPSA) is 178 Å². The molecule has 0 aliphatic heterocycles. The summed E-state index contributed by atoms with van der Waals surface area (Å²) in [7, 11) is 0. The lowest BCUT2D eigenvalue weighted by atomic mass is 10.0. The van der Waals surface area contributed by atoms with Crippen molar-refractivity contribution in [1.82, 2.24) is 5.32 Å². The first-order valence-corrected chi connectivity index (χ1v) is 7.46. The normalized spacial score (nSPS) is 15.8. The van der Waals surface area contributed by atoms with Crippen molar-refractivity contribution in [3.05, 3.63) is 40.2 Å². The van der Waals surface area contributed by atoms with Gasteiger partial charge in [-0.15, -0.1) is 0 Å². The highest BCUT2D eigenvalue weighted by molar-refractivity contribution is 5.98. The number of carbonyl (C=O) groups is 2. The van der Waals surface area contributed by atoms with E-state index in [0.29, 0.717) is 5.39 Å². The molecule has 140 valence electrons. The first kappa shape index (κ1) is 19.5. The summed E-state index contributed by atoms with van der Waals surface area (Å²) in [4.78, 5) is 35.3. The van der Waals surface area contributed by atoms with Crippen molar-refractivity contribution in [3.63, 3.8) is 0 Å². The molecule has 0 fully saturated rings. The van der Waals surface area contributed by atoms with Gasteiger partial charge in [-0.3, -0.25) is 4.79 Å². The molecule has 0 radical (unpaired) electrons. The zero-order valence-electron chi connectivity index (χ0n) is 13.3. The van der Waals surface area contributed by atoms with E-state index < -0.39 is 48.1 Å². The van der Waals surface area contributed by atoms with Crippen molar-refractivity contribution in [2.75, 3.05) is 6.61 Å². The molecule has 0 unspecified atom stereocenters. The van der Waals surface area contributed by atoms with Crippen LogP contribution in [-0.4, -0.2) is 68.7 Å². The minimum atomic E-state index is -1.93. The summed E-state index contributed by atoms with van der Waals surface area (Å²) >= 11 is 0. The Morgan fingerprint density at radius 2 is 1.88 bits per heavy atom. The molecule has 1 aromatic heterocycles. The fraction of sp³-hybridized carbons (Fsp3) is 0.312. The number of carbonyl (C=O) groups excluding carboxylic acids is 2. The van der Waals surface area contributed by atoms with Gasteiger partial charge >= 0.3 is 5.63 Å². The molecule has 4 atom stereocenters. The number of aldehydes is 1. The Balaban J connectivity index is 2.26. The summed E-state index contributed by atoms with van der Waals surface area (Å²) in [6.45, 7) is -0.876. The third-order valence-electron chi connectivity index (χ3n) is 3.71. The lowest BCUT2D eigenvalue weighted by molar-refractivity contribution is -0.119. The summed E-state index contributed by atoms with van der Waals surface area (Å²) in [5, 5.41) is 49.3. The third-order valence-corrected chi connectivity index (χ3v) is 3.71. The molecule has 2 rings (SSSR count). The number of hydrogen-bond donors (Lipinski definition) is 6. The zero-order valence-corrected chi connectivity index (χ0v) is 13.3. The molecule has 0 bridgehead atoms. The number of amides is 1. The fourth-order valence-corrected chi connectivity index (χ4v) is 2.24. The molecule has 0 saturated heterocycles. The van der Waals surface area contributed by atoms with Crippen LogP contribution in [0.25, 0.3) is 11.0 Å². The summed E-state index contributed by atoms with van der Waals surface area (Å²) in [6, 6.07) is 3.41. The molecule has 0 aliphatic rings.